The summed E-state index contributed by atoms with van der Waals surface area (Å²) in [6, 6.07) is 26.4. The lowest BCUT2D eigenvalue weighted by atomic mass is 10.1. The lowest BCUT2D eigenvalue weighted by Gasteiger charge is -2.37. The SMILES string of the molecule is CCC(C)n1c(C)nn(-c2ccc(N3CCN(c4ccc(OC[C@@H]5CO[C@@](Cn6nccn6)(c6ccccc6)O5)cc4)CC3)cc2)c1=O. The van der Waals surface area contributed by atoms with E-state index in [-0.39, 0.29) is 17.8 Å². The van der Waals surface area contributed by atoms with E-state index in [2.05, 4.69) is 56.3 Å². The standard InChI is InChI=1S/C36H42N8O4/c1-4-27(2)43-28(3)39-44(35(43)45)32-12-10-30(11-13-32)40-20-22-41(23-21-40)31-14-16-33(17-15-31)46-24-34-25-47-36(48-34,26-42-37-18-19-38-42)29-8-6-5-7-9-29/h5-19,27,34H,4,20-26H2,1-3H3/t27?,34-,36-/m1/s1. The minimum absolute atomic E-state index is 0.0928. The lowest BCUT2D eigenvalue weighted by molar-refractivity contribution is -0.192. The number of aryl methyl sites for hydroxylation is 1. The lowest BCUT2D eigenvalue weighted by Crippen LogP contribution is -2.46. The molecule has 0 radical (unpaired) electrons. The first kappa shape index (κ1) is 31.6. The van der Waals surface area contributed by atoms with Crippen LogP contribution in [0.15, 0.2) is 96.1 Å². The van der Waals surface area contributed by atoms with Crippen LogP contribution >= 0.6 is 0 Å². The fourth-order valence-corrected chi connectivity index (χ4v) is 6.48. The number of nitrogens with zero attached hydrogens (tertiary/aromatic N) is 8. The van der Waals surface area contributed by atoms with E-state index in [1.807, 2.05) is 68.4 Å². The Balaban J connectivity index is 0.918. The molecule has 3 atom stereocenters. The number of ether oxygens (including phenoxy) is 3. The van der Waals surface area contributed by atoms with Gasteiger partial charge >= 0.3 is 5.69 Å². The topological polar surface area (TPSA) is 105 Å². The van der Waals surface area contributed by atoms with Crippen molar-refractivity contribution in [2.24, 2.45) is 0 Å². The van der Waals surface area contributed by atoms with Crippen molar-refractivity contribution in [1.82, 2.24) is 29.3 Å². The molecule has 0 bridgehead atoms. The van der Waals surface area contributed by atoms with Crippen LogP contribution in [0.3, 0.4) is 0 Å². The Morgan fingerprint density at radius 1 is 0.875 bits per heavy atom. The summed E-state index contributed by atoms with van der Waals surface area (Å²) in [4.78, 5) is 19.4. The highest BCUT2D eigenvalue weighted by atomic mass is 16.8. The van der Waals surface area contributed by atoms with E-state index in [0.29, 0.717) is 19.8 Å². The summed E-state index contributed by atoms with van der Waals surface area (Å²) >= 11 is 0. The van der Waals surface area contributed by atoms with Crippen LogP contribution in [-0.4, -0.2) is 74.8 Å². The average molecular weight is 651 g/mol. The molecule has 2 aromatic heterocycles. The van der Waals surface area contributed by atoms with Crippen molar-refractivity contribution in [2.75, 3.05) is 49.2 Å². The zero-order chi connectivity index (χ0) is 33.1. The van der Waals surface area contributed by atoms with Gasteiger partial charge in [-0.05, 0) is 68.8 Å². The first-order valence-electron chi connectivity index (χ1n) is 16.7. The second-order valence-electron chi connectivity index (χ2n) is 12.4. The quantitative estimate of drug-likeness (QED) is 0.203. The average Bonchev–Trinajstić information content (AvgIpc) is 3.88. The van der Waals surface area contributed by atoms with Gasteiger partial charge in [-0.2, -0.15) is 24.8 Å². The highest BCUT2D eigenvalue weighted by molar-refractivity contribution is 5.54. The Morgan fingerprint density at radius 3 is 2.10 bits per heavy atom. The van der Waals surface area contributed by atoms with Gasteiger partial charge in [0.05, 0.1) is 24.7 Å². The maximum atomic E-state index is 13.0. The Bertz CT molecular complexity index is 1830. The Morgan fingerprint density at radius 2 is 1.48 bits per heavy atom. The molecule has 0 N–H and O–H groups in total. The van der Waals surface area contributed by atoms with Gasteiger partial charge in [0.1, 0.15) is 30.8 Å². The van der Waals surface area contributed by atoms with Gasteiger partial charge in [0.15, 0.2) is 0 Å². The van der Waals surface area contributed by atoms with Crippen LogP contribution in [-0.2, 0) is 21.8 Å². The molecule has 250 valence electrons. The molecule has 12 heteroatoms. The predicted molar refractivity (Wildman–Crippen MR) is 183 cm³/mol. The van der Waals surface area contributed by atoms with Gasteiger partial charge in [-0.25, -0.2) is 4.79 Å². The Labute approximate surface area is 280 Å². The molecular formula is C36H42N8O4. The fourth-order valence-electron chi connectivity index (χ4n) is 6.48. The van der Waals surface area contributed by atoms with Crippen LogP contribution in [0.5, 0.6) is 5.75 Å². The highest BCUT2D eigenvalue weighted by Gasteiger charge is 2.44. The number of aromatic nitrogens is 6. The minimum atomic E-state index is -0.974. The molecule has 48 heavy (non-hydrogen) atoms. The third kappa shape index (κ3) is 6.45. The van der Waals surface area contributed by atoms with Gasteiger partial charge in [0, 0.05) is 49.2 Å². The fraction of sp³-hybridized carbons (Fsp3) is 0.389. The molecule has 0 aliphatic carbocycles. The van der Waals surface area contributed by atoms with Gasteiger partial charge in [-0.3, -0.25) is 4.57 Å². The molecule has 12 nitrogen and oxygen atoms in total. The molecule has 3 aromatic carbocycles. The molecule has 5 aromatic rings. The summed E-state index contributed by atoms with van der Waals surface area (Å²) in [5.74, 6) is 0.546. The summed E-state index contributed by atoms with van der Waals surface area (Å²) < 4.78 is 22.1. The van der Waals surface area contributed by atoms with Crippen LogP contribution in [0.4, 0.5) is 11.4 Å². The van der Waals surface area contributed by atoms with Crippen molar-refractivity contribution in [3.8, 4) is 11.4 Å². The summed E-state index contributed by atoms with van der Waals surface area (Å²) in [5, 5.41) is 13.0. The van der Waals surface area contributed by atoms with E-state index < -0.39 is 5.79 Å². The largest absolute Gasteiger partial charge is 0.491 e. The van der Waals surface area contributed by atoms with Crippen molar-refractivity contribution < 1.29 is 14.2 Å². The van der Waals surface area contributed by atoms with E-state index in [1.165, 1.54) is 10.4 Å². The number of anilines is 2. The van der Waals surface area contributed by atoms with Crippen LogP contribution in [0, 0.1) is 6.92 Å². The molecule has 2 aliphatic heterocycles. The molecule has 2 fully saturated rings. The molecule has 4 heterocycles. The molecule has 0 saturated carbocycles. The zero-order valence-corrected chi connectivity index (χ0v) is 27.7. The zero-order valence-electron chi connectivity index (χ0n) is 27.7. The summed E-state index contributed by atoms with van der Waals surface area (Å²) in [7, 11) is 0. The van der Waals surface area contributed by atoms with E-state index in [0.717, 1.165) is 61.1 Å². The maximum absolute atomic E-state index is 13.0. The van der Waals surface area contributed by atoms with Crippen LogP contribution in [0.25, 0.3) is 5.69 Å². The van der Waals surface area contributed by atoms with E-state index in [1.54, 1.807) is 21.8 Å². The number of piperazine rings is 1. The summed E-state index contributed by atoms with van der Waals surface area (Å²) in [5.41, 5.74) is 3.92. The van der Waals surface area contributed by atoms with Gasteiger partial charge in [-0.1, -0.05) is 37.3 Å². The molecular weight excluding hydrogens is 608 g/mol. The van der Waals surface area contributed by atoms with Crippen LogP contribution < -0.4 is 20.2 Å². The van der Waals surface area contributed by atoms with Crippen molar-refractivity contribution in [3.63, 3.8) is 0 Å². The number of benzene rings is 3. The molecule has 0 amide bonds. The molecule has 2 saturated heterocycles. The first-order chi connectivity index (χ1) is 23.4. The van der Waals surface area contributed by atoms with Crippen LogP contribution in [0.1, 0.15) is 37.7 Å². The van der Waals surface area contributed by atoms with Gasteiger partial charge in [-0.15, -0.1) is 0 Å². The van der Waals surface area contributed by atoms with Crippen molar-refractivity contribution in [3.05, 3.63) is 113 Å². The normalized spacial score (nSPS) is 20.3. The molecule has 2 aliphatic rings. The van der Waals surface area contributed by atoms with Crippen molar-refractivity contribution >= 4 is 11.4 Å². The second-order valence-corrected chi connectivity index (χ2v) is 12.4. The van der Waals surface area contributed by atoms with Gasteiger partial charge < -0.3 is 24.0 Å². The second kappa shape index (κ2) is 13.7. The molecule has 1 unspecified atom stereocenters. The molecule has 0 spiro atoms. The number of hydrogen-bond acceptors (Lipinski definition) is 9. The Kier molecular flexibility index (Phi) is 9.00. The maximum Gasteiger partial charge on any atom is 0.350 e. The number of rotatable bonds is 11. The van der Waals surface area contributed by atoms with E-state index in [4.69, 9.17) is 14.2 Å². The van der Waals surface area contributed by atoms with Crippen molar-refractivity contribution in [2.45, 2.75) is 51.7 Å². The van der Waals surface area contributed by atoms with Crippen LogP contribution in [0.2, 0.25) is 0 Å². The predicted octanol–water partition coefficient (Wildman–Crippen LogP) is 4.58. The van der Waals surface area contributed by atoms with E-state index in [9.17, 15) is 4.79 Å². The monoisotopic (exact) mass is 650 g/mol. The molecule has 7 rings (SSSR count). The Hall–Kier alpha value is -4.94. The minimum Gasteiger partial charge on any atom is -0.491 e. The van der Waals surface area contributed by atoms with E-state index >= 15 is 0 Å². The third-order valence-electron chi connectivity index (χ3n) is 9.28. The number of hydrogen-bond donors (Lipinski definition) is 0. The summed E-state index contributed by atoms with van der Waals surface area (Å²) in [6.07, 6.45) is 3.93. The first-order valence-corrected chi connectivity index (χ1v) is 16.7. The highest BCUT2D eigenvalue weighted by Crippen LogP contribution is 2.36. The summed E-state index contributed by atoms with van der Waals surface area (Å²) in [6.45, 7) is 10.7. The van der Waals surface area contributed by atoms with Gasteiger partial charge in [0.2, 0.25) is 5.79 Å². The smallest absolute Gasteiger partial charge is 0.350 e. The van der Waals surface area contributed by atoms with Crippen molar-refractivity contribution in [1.29, 1.82) is 0 Å². The van der Waals surface area contributed by atoms with Gasteiger partial charge in [0.25, 0.3) is 0 Å². The third-order valence-corrected chi connectivity index (χ3v) is 9.28.